The van der Waals surface area contributed by atoms with Crippen LogP contribution in [0.1, 0.15) is 132 Å². The lowest BCUT2D eigenvalue weighted by Gasteiger charge is -2.30. The molecule has 12 heteroatoms. The molecule has 3 aliphatic rings. The van der Waals surface area contributed by atoms with E-state index < -0.39 is 0 Å². The van der Waals surface area contributed by atoms with Gasteiger partial charge in [-0.05, 0) is 67.6 Å². The molecule has 0 bridgehead atoms. The summed E-state index contributed by atoms with van der Waals surface area (Å²) in [5.74, 6) is 4.27. The molecule has 0 spiro atoms. The van der Waals surface area contributed by atoms with Gasteiger partial charge in [-0.25, -0.2) is 19.9 Å². The number of fused-ring (bicyclic) bond motifs is 2. The fourth-order valence-corrected chi connectivity index (χ4v) is 7.77. The van der Waals surface area contributed by atoms with Crippen LogP contribution in [0.15, 0.2) is 48.5 Å². The molecule has 4 N–H and O–H groups in total. The van der Waals surface area contributed by atoms with Gasteiger partial charge in [0, 0.05) is 56.4 Å². The SMILES string of the molecule is C.CC.CCCCCc1nc(N)c2c(n1)N(Cc1cccc(C#N)c1)CC(=O)C2.CCCCCc1nc(N)c2c(n1)N(Cc1cccc(CN3CCCC3)c1)CC(=O)C2. The van der Waals surface area contributed by atoms with Gasteiger partial charge in [0.05, 0.1) is 24.7 Å². The van der Waals surface area contributed by atoms with Crippen molar-refractivity contribution in [1.29, 1.82) is 5.26 Å². The minimum atomic E-state index is 0. The van der Waals surface area contributed by atoms with E-state index in [4.69, 9.17) is 26.7 Å². The monoisotopic (exact) mass is 803 g/mol. The number of benzene rings is 2. The molecular formula is C47H66N10O2. The summed E-state index contributed by atoms with van der Waals surface area (Å²) in [5.41, 5.74) is 18.0. The van der Waals surface area contributed by atoms with E-state index in [0.717, 1.165) is 97.9 Å². The van der Waals surface area contributed by atoms with Crippen LogP contribution in [0.5, 0.6) is 0 Å². The molecule has 316 valence electrons. The Balaban J connectivity index is 0.000000248. The van der Waals surface area contributed by atoms with Crippen LogP contribution in [0.4, 0.5) is 23.3 Å². The Morgan fingerprint density at radius 2 is 1.12 bits per heavy atom. The zero-order valence-corrected chi connectivity index (χ0v) is 35.1. The third kappa shape index (κ3) is 13.0. The number of aromatic nitrogens is 4. The third-order valence-corrected chi connectivity index (χ3v) is 10.6. The first-order valence-corrected chi connectivity index (χ1v) is 21.4. The largest absolute Gasteiger partial charge is 0.383 e. The van der Waals surface area contributed by atoms with Gasteiger partial charge in [0.15, 0.2) is 11.6 Å². The molecule has 12 nitrogen and oxygen atoms in total. The standard InChI is InChI=1S/C24H33N5O.C20H23N5O.C2H6.CH4/c1-2-3-4-10-22-26-23(25)21-14-20(30)17-29(24(21)27-22)16-19-9-7-8-18(13-19)15-28-11-5-6-12-28;1-2-3-4-8-18-23-19(22)17-10-16(26)13-25(20(17)24-18)12-15-7-5-6-14(9-15)11-21;1-2;/h7-9,13H,2-6,10-12,14-17H2,1H3,(H2,25,26,27);5-7,9H,2-4,8,10,12-13H2,1H3,(H2,22,23,24);1-2H3;1H4. The molecule has 0 aliphatic carbocycles. The second-order valence-corrected chi connectivity index (χ2v) is 15.3. The van der Waals surface area contributed by atoms with Crippen molar-refractivity contribution in [2.75, 3.05) is 47.4 Å². The predicted octanol–water partition coefficient (Wildman–Crippen LogP) is 7.98. The van der Waals surface area contributed by atoms with E-state index in [-0.39, 0.29) is 25.4 Å². The number of nitriles is 1. The fraction of sp³-hybridized carbons (Fsp3) is 0.511. The first kappa shape index (κ1) is 46.3. The molecule has 1 fully saturated rings. The zero-order chi connectivity index (χ0) is 41.4. The van der Waals surface area contributed by atoms with Crippen molar-refractivity contribution in [3.63, 3.8) is 0 Å². The van der Waals surface area contributed by atoms with Gasteiger partial charge in [0.1, 0.15) is 34.9 Å². The second kappa shape index (κ2) is 23.2. The van der Waals surface area contributed by atoms with Crippen LogP contribution in [0.25, 0.3) is 0 Å². The van der Waals surface area contributed by atoms with Gasteiger partial charge in [-0.1, -0.05) is 97.2 Å². The summed E-state index contributed by atoms with van der Waals surface area (Å²) in [6.45, 7) is 13.6. The number of rotatable bonds is 14. The lowest BCUT2D eigenvalue weighted by atomic mass is 10.0. The Morgan fingerprint density at radius 1 is 0.661 bits per heavy atom. The van der Waals surface area contributed by atoms with Gasteiger partial charge in [-0.2, -0.15) is 5.26 Å². The van der Waals surface area contributed by atoms with Crippen molar-refractivity contribution in [3.8, 4) is 6.07 Å². The van der Waals surface area contributed by atoms with Crippen molar-refractivity contribution in [3.05, 3.63) is 93.6 Å². The van der Waals surface area contributed by atoms with Gasteiger partial charge in [-0.3, -0.25) is 14.5 Å². The van der Waals surface area contributed by atoms with Gasteiger partial charge < -0.3 is 21.3 Å². The van der Waals surface area contributed by atoms with E-state index in [0.29, 0.717) is 49.8 Å². The molecule has 59 heavy (non-hydrogen) atoms. The van der Waals surface area contributed by atoms with Crippen molar-refractivity contribution < 1.29 is 9.59 Å². The number of anilines is 4. The number of carbonyl (C=O) groups is 2. The molecule has 0 atom stereocenters. The summed E-state index contributed by atoms with van der Waals surface area (Å²) in [4.78, 5) is 49.6. The highest BCUT2D eigenvalue weighted by Crippen LogP contribution is 2.31. The summed E-state index contributed by atoms with van der Waals surface area (Å²) < 4.78 is 0. The minimum absolute atomic E-state index is 0. The molecule has 0 saturated carbocycles. The van der Waals surface area contributed by atoms with Crippen LogP contribution in [0.2, 0.25) is 0 Å². The quantitative estimate of drug-likeness (QED) is 0.118. The van der Waals surface area contributed by atoms with Crippen molar-refractivity contribution in [2.45, 2.75) is 132 Å². The zero-order valence-electron chi connectivity index (χ0n) is 35.1. The lowest BCUT2D eigenvalue weighted by molar-refractivity contribution is -0.118. The number of nitrogen functional groups attached to an aromatic ring is 2. The summed E-state index contributed by atoms with van der Waals surface area (Å²) in [6, 6.07) is 18.3. The van der Waals surface area contributed by atoms with Crippen molar-refractivity contribution in [2.24, 2.45) is 0 Å². The number of carbonyl (C=O) groups excluding carboxylic acids is 2. The Labute approximate surface area is 352 Å². The van der Waals surface area contributed by atoms with E-state index in [2.05, 4.69) is 63.9 Å². The van der Waals surface area contributed by atoms with Crippen LogP contribution in [-0.2, 0) is 54.9 Å². The maximum Gasteiger partial charge on any atom is 0.156 e. The number of nitrogens with zero attached hydrogens (tertiary/aromatic N) is 8. The third-order valence-electron chi connectivity index (χ3n) is 10.6. The van der Waals surface area contributed by atoms with Crippen LogP contribution in [-0.4, -0.2) is 62.6 Å². The van der Waals surface area contributed by atoms with Crippen LogP contribution in [0, 0.1) is 11.3 Å². The molecule has 4 aromatic rings. The lowest BCUT2D eigenvalue weighted by Crippen LogP contribution is -2.37. The van der Waals surface area contributed by atoms with E-state index in [9.17, 15) is 9.59 Å². The average molecular weight is 803 g/mol. The number of likely N-dealkylation sites (tertiary alicyclic amines) is 1. The number of unbranched alkanes of at least 4 members (excludes halogenated alkanes) is 4. The van der Waals surface area contributed by atoms with Crippen LogP contribution in [0.3, 0.4) is 0 Å². The van der Waals surface area contributed by atoms with Crippen molar-refractivity contribution >= 4 is 34.8 Å². The Morgan fingerprint density at radius 3 is 1.59 bits per heavy atom. The predicted molar refractivity (Wildman–Crippen MR) is 239 cm³/mol. The van der Waals surface area contributed by atoms with Gasteiger partial charge >= 0.3 is 0 Å². The summed E-state index contributed by atoms with van der Waals surface area (Å²) in [6.07, 6.45) is 11.5. The van der Waals surface area contributed by atoms with E-state index in [1.54, 1.807) is 6.07 Å². The number of aryl methyl sites for hydroxylation is 2. The molecule has 5 heterocycles. The first-order valence-electron chi connectivity index (χ1n) is 21.4. The van der Waals surface area contributed by atoms with Gasteiger partial charge in [0.2, 0.25) is 0 Å². The second-order valence-electron chi connectivity index (χ2n) is 15.3. The van der Waals surface area contributed by atoms with Gasteiger partial charge in [0.25, 0.3) is 0 Å². The van der Waals surface area contributed by atoms with E-state index in [1.165, 1.54) is 37.1 Å². The highest BCUT2D eigenvalue weighted by molar-refractivity contribution is 5.91. The smallest absolute Gasteiger partial charge is 0.156 e. The molecule has 2 aromatic heterocycles. The molecule has 3 aliphatic heterocycles. The molecule has 0 radical (unpaired) electrons. The Kier molecular flexibility index (Phi) is 18.2. The van der Waals surface area contributed by atoms with Crippen LogP contribution >= 0.6 is 0 Å². The molecule has 0 amide bonds. The highest BCUT2D eigenvalue weighted by atomic mass is 16.1. The highest BCUT2D eigenvalue weighted by Gasteiger charge is 2.29. The fourth-order valence-electron chi connectivity index (χ4n) is 7.77. The van der Waals surface area contributed by atoms with Gasteiger partial charge in [-0.15, -0.1) is 0 Å². The normalized spacial score (nSPS) is 14.6. The van der Waals surface area contributed by atoms with E-state index >= 15 is 0 Å². The number of Topliss-reactive ketones (excluding diaryl/α,β-unsaturated/α-hetero) is 2. The number of nitrogens with two attached hydrogens (primary N) is 2. The number of hydrogen-bond acceptors (Lipinski definition) is 12. The first-order chi connectivity index (χ1) is 28.2. The Bertz CT molecular complexity index is 2040. The number of hydrogen-bond donors (Lipinski definition) is 2. The topological polar surface area (TPSA) is 171 Å². The molecular weight excluding hydrogens is 737 g/mol. The minimum Gasteiger partial charge on any atom is -0.383 e. The maximum absolute atomic E-state index is 12.4. The summed E-state index contributed by atoms with van der Waals surface area (Å²) >= 11 is 0. The Hall–Kier alpha value is -5.41. The molecule has 0 unspecified atom stereocenters. The molecule has 1 saturated heterocycles. The number of ketones is 2. The maximum atomic E-state index is 12.4. The summed E-state index contributed by atoms with van der Waals surface area (Å²) in [7, 11) is 0. The van der Waals surface area contributed by atoms with E-state index in [1.807, 2.05) is 36.9 Å². The van der Waals surface area contributed by atoms with Crippen molar-refractivity contribution in [1.82, 2.24) is 24.8 Å². The molecule has 7 rings (SSSR count). The molecule has 2 aromatic carbocycles. The van der Waals surface area contributed by atoms with Crippen LogP contribution < -0.4 is 21.3 Å². The average Bonchev–Trinajstić information content (AvgIpc) is 3.73. The summed E-state index contributed by atoms with van der Waals surface area (Å²) in [5, 5.41) is 9.09.